The number of rotatable bonds is 7. The molecule has 0 radical (unpaired) electrons. The molecule has 1 aliphatic heterocycles. The van der Waals surface area contributed by atoms with E-state index in [2.05, 4.69) is 12.2 Å². The molecule has 0 aromatic heterocycles. The van der Waals surface area contributed by atoms with E-state index in [1.54, 1.807) is 7.11 Å². The summed E-state index contributed by atoms with van der Waals surface area (Å²) in [5.41, 5.74) is 0.263. The fourth-order valence-electron chi connectivity index (χ4n) is 4.02. The Hall–Kier alpha value is -2.04. The Kier molecular flexibility index (Phi) is 5.84. The predicted octanol–water partition coefficient (Wildman–Crippen LogP) is 2.93. The number of para-hydroxylation sites is 1. The number of nitrogens with one attached hydrogen (secondary N) is 1. The minimum atomic E-state index is -0.800. The van der Waals surface area contributed by atoms with Crippen molar-refractivity contribution in [2.75, 3.05) is 20.2 Å². The number of hydrogen-bond donors (Lipinski definition) is 1. The highest BCUT2D eigenvalue weighted by Gasteiger charge is 2.58. The lowest BCUT2D eigenvalue weighted by molar-refractivity contribution is -0.147. The molecule has 1 aliphatic carbocycles. The summed E-state index contributed by atoms with van der Waals surface area (Å²) in [7, 11) is 1.65. The van der Waals surface area contributed by atoms with Crippen molar-refractivity contribution in [3.8, 4) is 5.75 Å². The van der Waals surface area contributed by atoms with E-state index in [4.69, 9.17) is 4.74 Å². The topological polar surface area (TPSA) is 58.6 Å². The van der Waals surface area contributed by atoms with Crippen LogP contribution in [0.25, 0.3) is 0 Å². The quantitative estimate of drug-likeness (QED) is 0.763. The molecule has 0 spiro atoms. The molecule has 2 aliphatic rings. The van der Waals surface area contributed by atoms with Gasteiger partial charge in [-0.1, -0.05) is 25.1 Å². The van der Waals surface area contributed by atoms with Crippen LogP contribution in [0.2, 0.25) is 0 Å². The molecule has 1 aromatic carbocycles. The van der Waals surface area contributed by atoms with Gasteiger partial charge in [-0.3, -0.25) is 9.59 Å². The molecule has 1 N–H and O–H groups in total. The summed E-state index contributed by atoms with van der Waals surface area (Å²) in [4.78, 5) is 27.8. The highest BCUT2D eigenvalue weighted by molar-refractivity contribution is 6.08. The Bertz CT molecular complexity index is 654. The van der Waals surface area contributed by atoms with Gasteiger partial charge in [0.15, 0.2) is 0 Å². The van der Waals surface area contributed by atoms with Crippen molar-refractivity contribution in [1.82, 2.24) is 10.2 Å². The van der Waals surface area contributed by atoms with Crippen LogP contribution in [0, 0.1) is 5.41 Å². The molecule has 1 atom stereocenters. The minimum absolute atomic E-state index is 0.0545. The Morgan fingerprint density at radius 3 is 2.73 bits per heavy atom. The molecule has 5 heteroatoms. The summed E-state index contributed by atoms with van der Waals surface area (Å²) >= 11 is 0. The van der Waals surface area contributed by atoms with Gasteiger partial charge in [-0.15, -0.1) is 0 Å². The van der Waals surface area contributed by atoms with E-state index < -0.39 is 5.41 Å². The van der Waals surface area contributed by atoms with Gasteiger partial charge in [-0.2, -0.15) is 0 Å². The standard InChI is InChI=1S/C21H30N2O3/c1-3-17-9-6-7-15-23(17)20(25)21(12-13-21)19(24)22-14-11-16-8-4-5-10-18(16)26-2/h4-5,8,10,17H,3,6-7,9,11-15H2,1-2H3,(H,22,24). The maximum atomic E-state index is 13.1. The molecule has 1 saturated carbocycles. The predicted molar refractivity (Wildman–Crippen MR) is 101 cm³/mol. The molecule has 26 heavy (non-hydrogen) atoms. The van der Waals surface area contributed by atoms with Crippen molar-refractivity contribution < 1.29 is 14.3 Å². The van der Waals surface area contributed by atoms with E-state index in [9.17, 15) is 9.59 Å². The molecule has 3 rings (SSSR count). The van der Waals surface area contributed by atoms with Crippen molar-refractivity contribution >= 4 is 11.8 Å². The van der Waals surface area contributed by atoms with E-state index in [1.807, 2.05) is 29.2 Å². The van der Waals surface area contributed by atoms with Crippen molar-refractivity contribution in [2.24, 2.45) is 5.41 Å². The summed E-state index contributed by atoms with van der Waals surface area (Å²) in [5, 5.41) is 3.00. The maximum absolute atomic E-state index is 13.1. The first-order valence-electron chi connectivity index (χ1n) is 9.83. The molecule has 2 fully saturated rings. The number of carbonyl (C=O) groups excluding carboxylic acids is 2. The second-order valence-electron chi connectivity index (χ2n) is 7.46. The summed E-state index contributed by atoms with van der Waals surface area (Å²) in [5.74, 6) is 0.787. The van der Waals surface area contributed by atoms with E-state index in [0.29, 0.717) is 31.8 Å². The lowest BCUT2D eigenvalue weighted by atomic mass is 9.95. The number of likely N-dealkylation sites (tertiary alicyclic amines) is 1. The number of hydrogen-bond acceptors (Lipinski definition) is 3. The first-order valence-corrected chi connectivity index (χ1v) is 9.83. The zero-order valence-electron chi connectivity index (χ0n) is 15.9. The number of benzene rings is 1. The van der Waals surface area contributed by atoms with Crippen molar-refractivity contribution in [1.29, 1.82) is 0 Å². The number of methoxy groups -OCH3 is 1. The number of amides is 2. The number of nitrogens with zero attached hydrogens (tertiary/aromatic N) is 1. The Morgan fingerprint density at radius 1 is 1.27 bits per heavy atom. The van der Waals surface area contributed by atoms with Crippen LogP contribution < -0.4 is 10.1 Å². The van der Waals surface area contributed by atoms with Crippen LogP contribution in [0.3, 0.4) is 0 Å². The molecule has 1 unspecified atom stereocenters. The molecule has 2 amide bonds. The first kappa shape index (κ1) is 18.7. The molecule has 142 valence electrons. The van der Waals surface area contributed by atoms with E-state index >= 15 is 0 Å². The third kappa shape index (κ3) is 3.71. The fourth-order valence-corrected chi connectivity index (χ4v) is 4.02. The monoisotopic (exact) mass is 358 g/mol. The van der Waals surface area contributed by atoms with Gasteiger partial charge in [0.2, 0.25) is 11.8 Å². The average Bonchev–Trinajstić information content (AvgIpc) is 3.49. The maximum Gasteiger partial charge on any atom is 0.238 e. The van der Waals surface area contributed by atoms with Gasteiger partial charge in [0, 0.05) is 19.1 Å². The number of carbonyl (C=O) groups is 2. The summed E-state index contributed by atoms with van der Waals surface area (Å²) in [6.07, 6.45) is 6.32. The van der Waals surface area contributed by atoms with Gasteiger partial charge in [-0.25, -0.2) is 0 Å². The zero-order valence-corrected chi connectivity index (χ0v) is 15.9. The first-order chi connectivity index (χ1) is 12.6. The largest absolute Gasteiger partial charge is 0.496 e. The van der Waals surface area contributed by atoms with Crippen molar-refractivity contribution in [2.45, 2.75) is 57.9 Å². The highest BCUT2D eigenvalue weighted by Crippen LogP contribution is 2.48. The zero-order chi connectivity index (χ0) is 18.6. The molecular weight excluding hydrogens is 328 g/mol. The van der Waals surface area contributed by atoms with Gasteiger partial charge >= 0.3 is 0 Å². The second kappa shape index (κ2) is 8.11. The lowest BCUT2D eigenvalue weighted by Crippen LogP contribution is -2.51. The van der Waals surface area contributed by atoms with Gasteiger partial charge in [0.1, 0.15) is 11.2 Å². The van der Waals surface area contributed by atoms with Gasteiger partial charge < -0.3 is 15.0 Å². The van der Waals surface area contributed by atoms with Crippen LogP contribution in [-0.2, 0) is 16.0 Å². The summed E-state index contributed by atoms with van der Waals surface area (Å²) in [6, 6.07) is 8.12. The van der Waals surface area contributed by atoms with E-state index in [1.165, 1.54) is 6.42 Å². The molecular formula is C21H30N2O3. The summed E-state index contributed by atoms with van der Waals surface area (Å²) in [6.45, 7) is 3.45. The SMILES string of the molecule is CCC1CCCCN1C(=O)C1(C(=O)NCCc2ccccc2OC)CC1. The third-order valence-corrected chi connectivity index (χ3v) is 5.83. The lowest BCUT2D eigenvalue weighted by Gasteiger charge is -2.37. The average molecular weight is 358 g/mol. The van der Waals surface area contributed by atoms with Crippen LogP contribution in [0.15, 0.2) is 24.3 Å². The number of ether oxygens (including phenoxy) is 1. The molecule has 1 heterocycles. The Balaban J connectivity index is 1.57. The fraction of sp³-hybridized carbons (Fsp3) is 0.619. The highest BCUT2D eigenvalue weighted by atomic mass is 16.5. The Labute approximate surface area is 156 Å². The molecule has 5 nitrogen and oxygen atoms in total. The van der Waals surface area contributed by atoms with E-state index in [0.717, 1.165) is 37.1 Å². The number of piperidine rings is 1. The van der Waals surface area contributed by atoms with Crippen LogP contribution in [0.4, 0.5) is 0 Å². The van der Waals surface area contributed by atoms with Crippen LogP contribution in [-0.4, -0.2) is 43.0 Å². The van der Waals surface area contributed by atoms with Gasteiger partial charge in [0.25, 0.3) is 0 Å². The normalized spacial score (nSPS) is 21.2. The van der Waals surface area contributed by atoms with Gasteiger partial charge in [-0.05, 0) is 56.6 Å². The molecule has 1 saturated heterocycles. The summed E-state index contributed by atoms with van der Waals surface area (Å²) < 4.78 is 5.35. The Morgan fingerprint density at radius 2 is 2.04 bits per heavy atom. The van der Waals surface area contributed by atoms with Crippen LogP contribution in [0.5, 0.6) is 5.75 Å². The minimum Gasteiger partial charge on any atom is -0.496 e. The van der Waals surface area contributed by atoms with Crippen LogP contribution in [0.1, 0.15) is 51.0 Å². The molecule has 1 aromatic rings. The third-order valence-electron chi connectivity index (χ3n) is 5.83. The molecule has 0 bridgehead atoms. The van der Waals surface area contributed by atoms with Crippen LogP contribution >= 0.6 is 0 Å². The van der Waals surface area contributed by atoms with E-state index in [-0.39, 0.29) is 11.8 Å². The second-order valence-corrected chi connectivity index (χ2v) is 7.46. The van der Waals surface area contributed by atoms with Gasteiger partial charge in [0.05, 0.1) is 7.11 Å². The van der Waals surface area contributed by atoms with Crippen molar-refractivity contribution in [3.63, 3.8) is 0 Å². The smallest absolute Gasteiger partial charge is 0.238 e. The van der Waals surface area contributed by atoms with Crippen molar-refractivity contribution in [3.05, 3.63) is 29.8 Å².